The van der Waals surface area contributed by atoms with E-state index in [2.05, 4.69) is 23.9 Å². The van der Waals surface area contributed by atoms with Crippen LogP contribution in [0, 0.1) is 12.8 Å². The van der Waals surface area contributed by atoms with Crippen molar-refractivity contribution in [2.24, 2.45) is 5.92 Å². The van der Waals surface area contributed by atoms with Crippen LogP contribution in [0.3, 0.4) is 0 Å². The molecule has 0 saturated carbocycles. The summed E-state index contributed by atoms with van der Waals surface area (Å²) in [7, 11) is -2.55. The van der Waals surface area contributed by atoms with Gasteiger partial charge < -0.3 is 10.1 Å². The third-order valence-electron chi connectivity index (χ3n) is 4.53. The van der Waals surface area contributed by atoms with Crippen LogP contribution in [0.2, 0.25) is 0 Å². The molecule has 0 aliphatic heterocycles. The lowest BCUT2D eigenvalue weighted by Crippen LogP contribution is -2.48. The van der Waals surface area contributed by atoms with E-state index >= 15 is 0 Å². The summed E-state index contributed by atoms with van der Waals surface area (Å²) in [6.07, 6.45) is 1.07. The second kappa shape index (κ2) is 10.4. The van der Waals surface area contributed by atoms with Gasteiger partial charge in [-0.2, -0.15) is 4.72 Å². The number of rotatable bonds is 10. The molecule has 0 aliphatic rings. The maximum Gasteiger partial charge on any atom is 0.244 e. The third kappa shape index (κ3) is 6.87. The van der Waals surface area contributed by atoms with Gasteiger partial charge in [-0.3, -0.25) is 4.79 Å². The van der Waals surface area contributed by atoms with Crippen LogP contribution in [0.4, 0.5) is 0 Å². The lowest BCUT2D eigenvalue weighted by atomic mass is 10.1. The average molecular weight is 419 g/mol. The molecule has 0 radical (unpaired) electrons. The van der Waals surface area contributed by atoms with E-state index in [1.165, 1.54) is 13.2 Å². The fraction of sp³-hybridized carbons (Fsp3) is 0.409. The summed E-state index contributed by atoms with van der Waals surface area (Å²) in [5, 5.41) is 2.85. The first-order chi connectivity index (χ1) is 13.7. The molecule has 0 fully saturated rings. The minimum atomic E-state index is -3.97. The molecule has 0 heterocycles. The quantitative estimate of drug-likeness (QED) is 0.621. The molecule has 0 bridgehead atoms. The van der Waals surface area contributed by atoms with Gasteiger partial charge in [-0.05, 0) is 48.9 Å². The normalized spacial score (nSPS) is 12.6. The molecule has 2 rings (SSSR count). The number of methoxy groups -OCH3 is 1. The molecule has 158 valence electrons. The van der Waals surface area contributed by atoms with E-state index in [9.17, 15) is 13.2 Å². The Morgan fingerprint density at radius 2 is 1.79 bits per heavy atom. The van der Waals surface area contributed by atoms with Gasteiger partial charge in [0.05, 0.1) is 7.11 Å². The highest BCUT2D eigenvalue weighted by molar-refractivity contribution is 7.89. The van der Waals surface area contributed by atoms with Crippen molar-refractivity contribution < 1.29 is 17.9 Å². The number of nitrogens with one attached hydrogen (secondary N) is 2. The number of hydrogen-bond donors (Lipinski definition) is 2. The Labute approximate surface area is 173 Å². The average Bonchev–Trinajstić information content (AvgIpc) is 2.67. The molecular formula is C22H30N2O4S. The summed E-state index contributed by atoms with van der Waals surface area (Å²) < 4.78 is 34.0. The van der Waals surface area contributed by atoms with Crippen LogP contribution >= 0.6 is 0 Å². The number of sulfonamides is 1. The topological polar surface area (TPSA) is 84.5 Å². The highest BCUT2D eigenvalue weighted by Gasteiger charge is 2.28. The smallest absolute Gasteiger partial charge is 0.244 e. The molecule has 0 aliphatic carbocycles. The molecule has 6 nitrogen and oxygen atoms in total. The zero-order chi connectivity index (χ0) is 21.4. The van der Waals surface area contributed by atoms with Crippen LogP contribution in [-0.4, -0.2) is 34.0 Å². The van der Waals surface area contributed by atoms with Gasteiger partial charge >= 0.3 is 0 Å². The molecule has 1 amide bonds. The number of amides is 1. The van der Waals surface area contributed by atoms with Crippen molar-refractivity contribution in [3.8, 4) is 5.75 Å². The van der Waals surface area contributed by atoms with Crippen LogP contribution in [-0.2, 0) is 21.2 Å². The number of benzene rings is 2. The SMILES string of the molecule is COc1ccc(C)cc1S(=O)(=O)N[C@@H](Cc1ccccc1)C(=O)NCCC(C)C. The molecule has 0 saturated heterocycles. The molecule has 2 N–H and O–H groups in total. The molecule has 7 heteroatoms. The van der Waals surface area contributed by atoms with Gasteiger partial charge in [-0.15, -0.1) is 0 Å². The van der Waals surface area contributed by atoms with Crippen molar-refractivity contribution in [3.05, 3.63) is 59.7 Å². The number of hydrogen-bond acceptors (Lipinski definition) is 4. The van der Waals surface area contributed by atoms with Gasteiger partial charge in [-0.1, -0.05) is 50.2 Å². The summed E-state index contributed by atoms with van der Waals surface area (Å²) in [6, 6.07) is 13.3. The predicted molar refractivity (Wildman–Crippen MR) is 114 cm³/mol. The molecule has 0 unspecified atom stereocenters. The Morgan fingerprint density at radius 1 is 1.10 bits per heavy atom. The predicted octanol–water partition coefficient (Wildman–Crippen LogP) is 3.06. The van der Waals surface area contributed by atoms with Crippen molar-refractivity contribution in [3.63, 3.8) is 0 Å². The molecule has 0 aromatic heterocycles. The molecule has 2 aromatic rings. The van der Waals surface area contributed by atoms with Gasteiger partial charge in [0.25, 0.3) is 0 Å². The largest absolute Gasteiger partial charge is 0.495 e. The van der Waals surface area contributed by atoms with Crippen molar-refractivity contribution in [2.75, 3.05) is 13.7 Å². The summed E-state index contributed by atoms with van der Waals surface area (Å²) >= 11 is 0. The lowest BCUT2D eigenvalue weighted by Gasteiger charge is -2.20. The van der Waals surface area contributed by atoms with Gasteiger partial charge in [0, 0.05) is 6.54 Å². The van der Waals surface area contributed by atoms with Crippen molar-refractivity contribution >= 4 is 15.9 Å². The minimum Gasteiger partial charge on any atom is -0.495 e. The number of carbonyl (C=O) groups excluding carboxylic acids is 1. The second-order valence-electron chi connectivity index (χ2n) is 7.49. The number of aryl methyl sites for hydroxylation is 1. The van der Waals surface area contributed by atoms with Crippen LogP contribution in [0.5, 0.6) is 5.75 Å². The zero-order valence-corrected chi connectivity index (χ0v) is 18.3. The molecule has 29 heavy (non-hydrogen) atoms. The van der Waals surface area contributed by atoms with Crippen LogP contribution in [0.15, 0.2) is 53.4 Å². The van der Waals surface area contributed by atoms with E-state index in [1.54, 1.807) is 19.1 Å². The fourth-order valence-corrected chi connectivity index (χ4v) is 4.34. The summed E-state index contributed by atoms with van der Waals surface area (Å²) in [5.74, 6) is 0.336. The first-order valence-electron chi connectivity index (χ1n) is 9.71. The Kier molecular flexibility index (Phi) is 8.22. The van der Waals surface area contributed by atoms with E-state index in [1.807, 2.05) is 30.3 Å². The van der Waals surface area contributed by atoms with E-state index in [0.717, 1.165) is 17.5 Å². The molecule has 2 aromatic carbocycles. The minimum absolute atomic E-state index is 0.0213. The maximum atomic E-state index is 13.1. The Morgan fingerprint density at radius 3 is 2.41 bits per heavy atom. The van der Waals surface area contributed by atoms with E-state index in [4.69, 9.17) is 4.74 Å². The summed E-state index contributed by atoms with van der Waals surface area (Å²) in [6.45, 7) is 6.44. The van der Waals surface area contributed by atoms with E-state index in [-0.39, 0.29) is 23.0 Å². The van der Waals surface area contributed by atoms with Crippen LogP contribution in [0.1, 0.15) is 31.4 Å². The first-order valence-corrected chi connectivity index (χ1v) is 11.2. The lowest BCUT2D eigenvalue weighted by molar-refractivity contribution is -0.122. The maximum absolute atomic E-state index is 13.1. The standard InChI is InChI=1S/C22H30N2O4S/c1-16(2)12-13-23-22(25)19(15-18-8-6-5-7-9-18)24-29(26,27)21-14-17(3)10-11-20(21)28-4/h5-11,14,16,19,24H,12-13,15H2,1-4H3,(H,23,25)/t19-/m0/s1. The van der Waals surface area contributed by atoms with Gasteiger partial charge in [0.15, 0.2) is 0 Å². The van der Waals surface area contributed by atoms with Crippen molar-refractivity contribution in [1.82, 2.24) is 10.0 Å². The Bertz CT molecular complexity index is 912. The van der Waals surface area contributed by atoms with Crippen LogP contribution in [0.25, 0.3) is 0 Å². The molecule has 1 atom stereocenters. The second-order valence-corrected chi connectivity index (χ2v) is 9.17. The van der Waals surface area contributed by atoms with E-state index in [0.29, 0.717) is 12.5 Å². The van der Waals surface area contributed by atoms with Gasteiger partial charge in [0.1, 0.15) is 16.7 Å². The van der Waals surface area contributed by atoms with Crippen molar-refractivity contribution in [2.45, 2.75) is 44.6 Å². The number of carbonyl (C=O) groups is 1. The third-order valence-corrected chi connectivity index (χ3v) is 6.02. The van der Waals surface area contributed by atoms with E-state index < -0.39 is 16.1 Å². The van der Waals surface area contributed by atoms with Crippen LogP contribution < -0.4 is 14.8 Å². The summed E-state index contributed by atoms with van der Waals surface area (Å²) in [5.41, 5.74) is 1.66. The molecule has 0 spiro atoms. The number of ether oxygens (including phenoxy) is 1. The monoisotopic (exact) mass is 418 g/mol. The zero-order valence-electron chi connectivity index (χ0n) is 17.4. The molecular weight excluding hydrogens is 388 g/mol. The first kappa shape index (κ1) is 22.9. The fourth-order valence-electron chi connectivity index (χ4n) is 2.89. The Balaban J connectivity index is 2.28. The highest BCUT2D eigenvalue weighted by Crippen LogP contribution is 2.25. The highest BCUT2D eigenvalue weighted by atomic mass is 32.2. The Hall–Kier alpha value is -2.38. The van der Waals surface area contributed by atoms with Crippen molar-refractivity contribution in [1.29, 1.82) is 0 Å². The van der Waals surface area contributed by atoms with Gasteiger partial charge in [-0.25, -0.2) is 8.42 Å². The summed E-state index contributed by atoms with van der Waals surface area (Å²) in [4.78, 5) is 12.8. The van der Waals surface area contributed by atoms with Gasteiger partial charge in [0.2, 0.25) is 15.9 Å².